The van der Waals surface area contributed by atoms with Gasteiger partial charge < -0.3 is 9.88 Å². The number of aromatic amines is 1. The third kappa shape index (κ3) is 4.24. The van der Waals surface area contributed by atoms with Crippen molar-refractivity contribution in [3.63, 3.8) is 0 Å². The van der Waals surface area contributed by atoms with Crippen LogP contribution in [0.15, 0.2) is 73.1 Å². The zero-order chi connectivity index (χ0) is 21.1. The second-order valence-corrected chi connectivity index (χ2v) is 8.12. The fourth-order valence-corrected chi connectivity index (χ4v) is 3.96. The number of benzene rings is 2. The molecule has 0 unspecified atom stereocenters. The molecule has 152 valence electrons. The summed E-state index contributed by atoms with van der Waals surface area (Å²) in [6.45, 7) is 4.66. The molecule has 0 fully saturated rings. The molecule has 1 amide bonds. The Kier molecular flexibility index (Phi) is 5.86. The SMILES string of the molecule is CC(C)N(Cc1ccncc1)C(=O)Cc1c(-c2cccc(Cl)c2)[nH]c2ccccc12. The normalized spacial score (nSPS) is 11.2. The zero-order valence-electron chi connectivity index (χ0n) is 17.1. The number of aromatic nitrogens is 2. The summed E-state index contributed by atoms with van der Waals surface area (Å²) < 4.78 is 0. The molecule has 0 spiro atoms. The number of carbonyl (C=O) groups is 1. The molecule has 5 heteroatoms. The third-order valence-corrected chi connectivity index (χ3v) is 5.54. The van der Waals surface area contributed by atoms with Crippen molar-refractivity contribution in [3.8, 4) is 11.3 Å². The number of amides is 1. The van der Waals surface area contributed by atoms with Gasteiger partial charge in [-0.2, -0.15) is 0 Å². The largest absolute Gasteiger partial charge is 0.354 e. The van der Waals surface area contributed by atoms with Crippen molar-refractivity contribution in [2.45, 2.75) is 32.9 Å². The van der Waals surface area contributed by atoms with Gasteiger partial charge in [0.2, 0.25) is 5.91 Å². The van der Waals surface area contributed by atoms with E-state index >= 15 is 0 Å². The number of H-pyrrole nitrogens is 1. The Bertz CT molecular complexity index is 1170. The maximum Gasteiger partial charge on any atom is 0.227 e. The Morgan fingerprint density at radius 2 is 1.83 bits per heavy atom. The van der Waals surface area contributed by atoms with Gasteiger partial charge in [0.1, 0.15) is 0 Å². The Labute approximate surface area is 181 Å². The fourth-order valence-electron chi connectivity index (χ4n) is 3.77. The van der Waals surface area contributed by atoms with Crippen molar-refractivity contribution in [2.75, 3.05) is 0 Å². The van der Waals surface area contributed by atoms with E-state index in [1.54, 1.807) is 12.4 Å². The van der Waals surface area contributed by atoms with Gasteiger partial charge in [-0.1, -0.05) is 41.9 Å². The van der Waals surface area contributed by atoms with Crippen molar-refractivity contribution >= 4 is 28.4 Å². The molecule has 2 heterocycles. The van der Waals surface area contributed by atoms with Crippen LogP contribution in [0.3, 0.4) is 0 Å². The maximum atomic E-state index is 13.4. The summed E-state index contributed by atoms with van der Waals surface area (Å²) in [5.74, 6) is 0.0924. The molecular formula is C25H24ClN3O. The van der Waals surface area contributed by atoms with Gasteiger partial charge in [-0.05, 0) is 60.9 Å². The molecule has 0 aliphatic carbocycles. The van der Waals surface area contributed by atoms with Crippen LogP contribution in [0.25, 0.3) is 22.2 Å². The van der Waals surface area contributed by atoms with Gasteiger partial charge in [-0.15, -0.1) is 0 Å². The van der Waals surface area contributed by atoms with Gasteiger partial charge in [-0.25, -0.2) is 0 Å². The summed E-state index contributed by atoms with van der Waals surface area (Å²) in [6, 6.07) is 19.8. The number of halogens is 1. The number of pyridine rings is 1. The van der Waals surface area contributed by atoms with E-state index in [4.69, 9.17) is 11.6 Å². The number of fused-ring (bicyclic) bond motifs is 1. The first kappa shape index (κ1) is 20.2. The first-order valence-corrected chi connectivity index (χ1v) is 10.4. The van der Waals surface area contributed by atoms with Crippen molar-refractivity contribution in [3.05, 3.63) is 89.2 Å². The predicted molar refractivity (Wildman–Crippen MR) is 122 cm³/mol. The molecular weight excluding hydrogens is 394 g/mol. The van der Waals surface area contributed by atoms with E-state index in [-0.39, 0.29) is 11.9 Å². The van der Waals surface area contributed by atoms with Crippen molar-refractivity contribution in [1.29, 1.82) is 0 Å². The average molecular weight is 418 g/mol. The Morgan fingerprint density at radius 3 is 2.57 bits per heavy atom. The number of nitrogens with zero attached hydrogens (tertiary/aromatic N) is 2. The lowest BCUT2D eigenvalue weighted by molar-refractivity contribution is -0.132. The van der Waals surface area contributed by atoms with Crippen LogP contribution in [0.4, 0.5) is 0 Å². The Balaban J connectivity index is 1.71. The smallest absolute Gasteiger partial charge is 0.227 e. The van der Waals surface area contributed by atoms with E-state index in [0.717, 1.165) is 33.3 Å². The fraction of sp³-hybridized carbons (Fsp3) is 0.200. The number of rotatable bonds is 6. The lowest BCUT2D eigenvalue weighted by Gasteiger charge is -2.27. The average Bonchev–Trinajstić information content (AvgIpc) is 3.11. The van der Waals surface area contributed by atoms with Crippen LogP contribution < -0.4 is 0 Å². The van der Waals surface area contributed by atoms with Crippen LogP contribution in [0.5, 0.6) is 0 Å². The molecule has 1 N–H and O–H groups in total. The minimum absolute atomic E-state index is 0.0884. The van der Waals surface area contributed by atoms with Gasteiger partial charge in [-0.3, -0.25) is 9.78 Å². The van der Waals surface area contributed by atoms with Gasteiger partial charge in [0.15, 0.2) is 0 Å². The Hall–Kier alpha value is -3.11. The lowest BCUT2D eigenvalue weighted by atomic mass is 10.0. The number of carbonyl (C=O) groups excluding carboxylic acids is 1. The minimum atomic E-state index is 0.0884. The summed E-state index contributed by atoms with van der Waals surface area (Å²) in [6.07, 6.45) is 3.83. The highest BCUT2D eigenvalue weighted by atomic mass is 35.5. The molecule has 0 atom stereocenters. The number of hydrogen-bond acceptors (Lipinski definition) is 2. The summed E-state index contributed by atoms with van der Waals surface area (Å²) in [4.78, 5) is 22.9. The monoisotopic (exact) mass is 417 g/mol. The highest BCUT2D eigenvalue weighted by molar-refractivity contribution is 6.30. The van der Waals surface area contributed by atoms with E-state index in [2.05, 4.69) is 16.0 Å². The van der Waals surface area contributed by atoms with Crippen LogP contribution >= 0.6 is 11.6 Å². The first-order chi connectivity index (χ1) is 14.5. The first-order valence-electron chi connectivity index (χ1n) is 10.1. The maximum absolute atomic E-state index is 13.4. The molecule has 0 aliphatic rings. The van der Waals surface area contributed by atoms with E-state index < -0.39 is 0 Å². The molecule has 30 heavy (non-hydrogen) atoms. The van der Waals surface area contributed by atoms with Crippen molar-refractivity contribution in [1.82, 2.24) is 14.9 Å². The van der Waals surface area contributed by atoms with Gasteiger partial charge in [0.05, 0.1) is 12.1 Å². The van der Waals surface area contributed by atoms with E-state index in [1.165, 1.54) is 0 Å². The van der Waals surface area contributed by atoms with E-state index in [9.17, 15) is 4.79 Å². The quantitative estimate of drug-likeness (QED) is 0.427. The van der Waals surface area contributed by atoms with Gasteiger partial charge in [0.25, 0.3) is 0 Å². The highest BCUT2D eigenvalue weighted by Crippen LogP contribution is 2.32. The van der Waals surface area contributed by atoms with Crippen LogP contribution in [-0.2, 0) is 17.8 Å². The molecule has 0 aliphatic heterocycles. The predicted octanol–water partition coefficient (Wildman–Crippen LogP) is 5.86. The molecule has 4 nitrogen and oxygen atoms in total. The van der Waals surface area contributed by atoms with Crippen LogP contribution in [0, 0.1) is 0 Å². The summed E-state index contributed by atoms with van der Waals surface area (Å²) in [5.41, 5.74) is 5.01. The van der Waals surface area contributed by atoms with Crippen LogP contribution in [0.1, 0.15) is 25.0 Å². The van der Waals surface area contributed by atoms with Crippen molar-refractivity contribution in [2.24, 2.45) is 0 Å². The second kappa shape index (κ2) is 8.72. The molecule has 2 aromatic heterocycles. The van der Waals surface area contributed by atoms with Crippen LogP contribution in [0.2, 0.25) is 5.02 Å². The molecule has 0 bridgehead atoms. The highest BCUT2D eigenvalue weighted by Gasteiger charge is 2.22. The summed E-state index contributed by atoms with van der Waals surface area (Å²) in [7, 11) is 0. The molecule has 4 rings (SSSR count). The number of nitrogens with one attached hydrogen (secondary N) is 1. The summed E-state index contributed by atoms with van der Waals surface area (Å²) >= 11 is 6.24. The standard InChI is InChI=1S/C25H24ClN3O/c1-17(2)29(16-18-10-12-27-13-11-18)24(30)15-22-21-8-3-4-9-23(21)28-25(22)19-6-5-7-20(26)14-19/h3-14,17,28H,15-16H2,1-2H3. The van der Waals surface area contributed by atoms with Gasteiger partial charge >= 0.3 is 0 Å². The number of para-hydroxylation sites is 1. The summed E-state index contributed by atoms with van der Waals surface area (Å²) in [5, 5.41) is 1.73. The third-order valence-electron chi connectivity index (χ3n) is 5.30. The number of hydrogen-bond donors (Lipinski definition) is 1. The molecule has 0 saturated carbocycles. The molecule has 2 aromatic carbocycles. The van der Waals surface area contributed by atoms with Crippen LogP contribution in [-0.4, -0.2) is 26.8 Å². The van der Waals surface area contributed by atoms with Gasteiger partial charge in [0, 0.05) is 40.9 Å². The zero-order valence-corrected chi connectivity index (χ0v) is 17.9. The molecule has 0 saturated heterocycles. The van der Waals surface area contributed by atoms with Crippen molar-refractivity contribution < 1.29 is 4.79 Å². The lowest BCUT2D eigenvalue weighted by Crippen LogP contribution is -2.37. The minimum Gasteiger partial charge on any atom is -0.354 e. The molecule has 4 aromatic rings. The van der Waals surface area contributed by atoms with E-state index in [1.807, 2.05) is 73.3 Å². The molecule has 0 radical (unpaired) electrons. The topological polar surface area (TPSA) is 49.0 Å². The second-order valence-electron chi connectivity index (χ2n) is 7.68. The Morgan fingerprint density at radius 1 is 1.07 bits per heavy atom. The van der Waals surface area contributed by atoms with E-state index in [0.29, 0.717) is 18.0 Å².